The second kappa shape index (κ2) is 7.33. The maximum atomic E-state index is 12.1. The second-order valence-corrected chi connectivity index (χ2v) is 5.74. The Bertz CT molecular complexity index is 858. The van der Waals surface area contributed by atoms with Crippen molar-refractivity contribution in [2.24, 2.45) is 0 Å². The van der Waals surface area contributed by atoms with Crippen LogP contribution < -0.4 is 10.6 Å². The topological polar surface area (TPSA) is 67.4 Å². The van der Waals surface area contributed by atoms with Crippen molar-refractivity contribution in [1.82, 2.24) is 10.6 Å². The van der Waals surface area contributed by atoms with Crippen LogP contribution in [0.25, 0.3) is 11.3 Å². The molecule has 0 saturated heterocycles. The van der Waals surface area contributed by atoms with Gasteiger partial charge in [-0.3, -0.25) is 10.1 Å². The number of amides is 1. The van der Waals surface area contributed by atoms with Crippen LogP contribution in [0.3, 0.4) is 0 Å². The first kappa shape index (κ1) is 16.3. The maximum absolute atomic E-state index is 12.1. The first-order chi connectivity index (χ1) is 11.6. The van der Waals surface area contributed by atoms with Crippen molar-refractivity contribution in [3.8, 4) is 11.3 Å². The third kappa shape index (κ3) is 4.04. The molecule has 0 aliphatic rings. The molecule has 5 nitrogen and oxygen atoms in total. The lowest BCUT2D eigenvalue weighted by atomic mass is 10.2. The summed E-state index contributed by atoms with van der Waals surface area (Å²) in [4.78, 5) is 12.1. The van der Waals surface area contributed by atoms with E-state index >= 15 is 0 Å². The van der Waals surface area contributed by atoms with E-state index in [2.05, 4.69) is 10.6 Å². The maximum Gasteiger partial charge on any atom is 0.293 e. The molecular weight excluding hydrogens is 348 g/mol. The zero-order valence-corrected chi connectivity index (χ0v) is 14.0. The van der Waals surface area contributed by atoms with E-state index in [9.17, 15) is 4.79 Å². The van der Waals surface area contributed by atoms with Gasteiger partial charge in [-0.25, -0.2) is 0 Å². The molecule has 122 valence electrons. The predicted octanol–water partition coefficient (Wildman–Crippen LogP) is 4.00. The molecule has 3 aromatic rings. The number of rotatable bonds is 4. The van der Waals surface area contributed by atoms with Crippen LogP contribution in [0.1, 0.15) is 16.3 Å². The van der Waals surface area contributed by atoms with Gasteiger partial charge < -0.3 is 14.2 Å². The Morgan fingerprint density at radius 3 is 2.79 bits per heavy atom. The van der Waals surface area contributed by atoms with Crippen LogP contribution in [0, 0.1) is 0 Å². The van der Waals surface area contributed by atoms with E-state index < -0.39 is 5.91 Å². The molecule has 24 heavy (non-hydrogen) atoms. The summed E-state index contributed by atoms with van der Waals surface area (Å²) in [6.45, 7) is 0.387. The number of halogens is 1. The van der Waals surface area contributed by atoms with Gasteiger partial charge >= 0.3 is 0 Å². The summed E-state index contributed by atoms with van der Waals surface area (Å²) in [7, 11) is 0. The molecule has 2 N–H and O–H groups in total. The summed E-state index contributed by atoms with van der Waals surface area (Å²) in [5.74, 6) is 0.998. The molecule has 2 aromatic heterocycles. The van der Waals surface area contributed by atoms with E-state index in [0.29, 0.717) is 23.1 Å². The number of furan rings is 2. The van der Waals surface area contributed by atoms with Crippen LogP contribution in [0.4, 0.5) is 0 Å². The minimum Gasteiger partial charge on any atom is -0.467 e. The summed E-state index contributed by atoms with van der Waals surface area (Å²) >= 11 is 11.0. The molecule has 0 radical (unpaired) electrons. The number of hydrogen-bond acceptors (Lipinski definition) is 4. The fraction of sp³-hybridized carbons (Fsp3) is 0.0588. The molecule has 1 aromatic carbocycles. The van der Waals surface area contributed by atoms with E-state index in [1.807, 2.05) is 12.1 Å². The molecule has 0 spiro atoms. The third-order valence-corrected chi connectivity index (χ3v) is 3.65. The summed E-state index contributed by atoms with van der Waals surface area (Å²) in [6, 6.07) is 14.1. The highest BCUT2D eigenvalue weighted by Gasteiger charge is 2.14. The molecule has 0 unspecified atom stereocenters. The lowest BCUT2D eigenvalue weighted by Crippen LogP contribution is -2.38. The van der Waals surface area contributed by atoms with Gasteiger partial charge in [0.05, 0.1) is 12.8 Å². The summed E-state index contributed by atoms with van der Waals surface area (Å²) in [5.41, 5.74) is 0.792. The van der Waals surface area contributed by atoms with Gasteiger partial charge in [-0.2, -0.15) is 0 Å². The van der Waals surface area contributed by atoms with Crippen LogP contribution >= 0.6 is 23.8 Å². The van der Waals surface area contributed by atoms with Crippen molar-refractivity contribution in [2.45, 2.75) is 6.54 Å². The van der Waals surface area contributed by atoms with Gasteiger partial charge in [-0.05, 0) is 48.6 Å². The molecule has 1 amide bonds. The highest BCUT2D eigenvalue weighted by Crippen LogP contribution is 2.24. The lowest BCUT2D eigenvalue weighted by molar-refractivity contribution is 0.0950. The normalized spacial score (nSPS) is 10.4. The molecule has 3 rings (SSSR count). The molecule has 0 aliphatic heterocycles. The van der Waals surface area contributed by atoms with Gasteiger partial charge in [-0.1, -0.05) is 23.7 Å². The molecular formula is C17H13ClN2O3S. The fourth-order valence-electron chi connectivity index (χ4n) is 2.05. The predicted molar refractivity (Wildman–Crippen MR) is 94.8 cm³/mol. The Balaban J connectivity index is 1.60. The number of carbonyl (C=O) groups is 1. The molecule has 0 fully saturated rings. The average Bonchev–Trinajstić information content (AvgIpc) is 3.24. The van der Waals surface area contributed by atoms with Crippen molar-refractivity contribution < 1.29 is 13.6 Å². The van der Waals surface area contributed by atoms with Crippen molar-refractivity contribution >= 4 is 34.8 Å². The van der Waals surface area contributed by atoms with Crippen molar-refractivity contribution in [3.05, 3.63) is 71.3 Å². The van der Waals surface area contributed by atoms with E-state index in [1.165, 1.54) is 0 Å². The smallest absolute Gasteiger partial charge is 0.293 e. The average molecular weight is 361 g/mol. The van der Waals surface area contributed by atoms with Crippen molar-refractivity contribution in [3.63, 3.8) is 0 Å². The number of thiocarbonyl (C=S) groups is 1. The zero-order chi connectivity index (χ0) is 16.9. The SMILES string of the molecule is O=C(NC(=S)NCc1ccco1)c1ccc(-c2cccc(Cl)c2)o1. The zero-order valence-electron chi connectivity index (χ0n) is 12.4. The minimum absolute atomic E-state index is 0.159. The van der Waals surface area contributed by atoms with Crippen LogP contribution in [-0.2, 0) is 6.54 Å². The first-order valence-corrected chi connectivity index (χ1v) is 7.88. The molecule has 0 saturated carbocycles. The van der Waals surface area contributed by atoms with Gasteiger partial charge in [0.1, 0.15) is 11.5 Å². The Morgan fingerprint density at radius 1 is 1.17 bits per heavy atom. The molecule has 0 aliphatic carbocycles. The van der Waals surface area contributed by atoms with Gasteiger partial charge in [0, 0.05) is 10.6 Å². The standard InChI is InChI=1S/C17H13ClN2O3S/c18-12-4-1-3-11(9-12)14-6-7-15(23-14)16(21)20-17(24)19-10-13-5-2-8-22-13/h1-9H,10H2,(H2,19,20,21,24). The first-order valence-electron chi connectivity index (χ1n) is 7.09. The van der Waals surface area contributed by atoms with Crippen LogP contribution in [0.15, 0.2) is 63.6 Å². The third-order valence-electron chi connectivity index (χ3n) is 3.17. The largest absolute Gasteiger partial charge is 0.467 e. The summed E-state index contributed by atoms with van der Waals surface area (Å²) in [5, 5.41) is 6.22. The quantitative estimate of drug-likeness (QED) is 0.688. The molecule has 7 heteroatoms. The summed E-state index contributed by atoms with van der Waals surface area (Å²) in [6.07, 6.45) is 1.57. The van der Waals surface area contributed by atoms with Crippen molar-refractivity contribution in [2.75, 3.05) is 0 Å². The highest BCUT2D eigenvalue weighted by atomic mass is 35.5. The number of benzene rings is 1. The number of carbonyl (C=O) groups excluding carboxylic acids is 1. The van der Waals surface area contributed by atoms with Gasteiger partial charge in [0.2, 0.25) is 0 Å². The lowest BCUT2D eigenvalue weighted by Gasteiger charge is -2.06. The summed E-state index contributed by atoms with van der Waals surface area (Å²) < 4.78 is 10.7. The monoisotopic (exact) mass is 360 g/mol. The van der Waals surface area contributed by atoms with Crippen molar-refractivity contribution in [1.29, 1.82) is 0 Å². The second-order valence-electron chi connectivity index (χ2n) is 4.89. The van der Waals surface area contributed by atoms with Gasteiger partial charge in [0.15, 0.2) is 10.9 Å². The highest BCUT2D eigenvalue weighted by molar-refractivity contribution is 7.80. The number of nitrogens with one attached hydrogen (secondary N) is 2. The van der Waals surface area contributed by atoms with Crippen LogP contribution in [-0.4, -0.2) is 11.0 Å². The Kier molecular flexibility index (Phi) is 4.98. The Morgan fingerprint density at radius 2 is 2.04 bits per heavy atom. The minimum atomic E-state index is -0.430. The fourth-order valence-corrected chi connectivity index (χ4v) is 2.40. The Hall–Kier alpha value is -2.57. The molecule has 2 heterocycles. The van der Waals surface area contributed by atoms with Crippen LogP contribution in [0.2, 0.25) is 5.02 Å². The van der Waals surface area contributed by atoms with E-state index in [4.69, 9.17) is 32.7 Å². The Labute approximate surface area is 148 Å². The molecule has 0 bridgehead atoms. The van der Waals surface area contributed by atoms with Gasteiger partial charge in [0.25, 0.3) is 5.91 Å². The van der Waals surface area contributed by atoms with E-state index in [-0.39, 0.29) is 10.9 Å². The van der Waals surface area contributed by atoms with E-state index in [1.54, 1.807) is 42.7 Å². The van der Waals surface area contributed by atoms with Gasteiger partial charge in [-0.15, -0.1) is 0 Å². The van der Waals surface area contributed by atoms with Crippen LogP contribution in [0.5, 0.6) is 0 Å². The molecule has 0 atom stereocenters. The number of hydrogen-bond donors (Lipinski definition) is 2. The van der Waals surface area contributed by atoms with E-state index in [0.717, 1.165) is 5.56 Å².